The van der Waals surface area contributed by atoms with E-state index < -0.39 is 17.4 Å². The Balaban J connectivity index is 1.88. The number of thiophene rings is 1. The van der Waals surface area contributed by atoms with E-state index in [1.54, 1.807) is 35.7 Å². The highest BCUT2D eigenvalue weighted by Crippen LogP contribution is 2.45. The molecule has 0 fully saturated rings. The van der Waals surface area contributed by atoms with Crippen LogP contribution in [-0.4, -0.2) is 16.8 Å². The number of aromatic hydroxyl groups is 1. The van der Waals surface area contributed by atoms with Gasteiger partial charge in [0.1, 0.15) is 10.8 Å². The van der Waals surface area contributed by atoms with Gasteiger partial charge in [-0.05, 0) is 17.7 Å². The second kappa shape index (κ2) is 5.53. The Labute approximate surface area is 146 Å². The first-order valence-corrected chi connectivity index (χ1v) is 8.41. The summed E-state index contributed by atoms with van der Waals surface area (Å²) in [6, 6.07) is 14.0. The van der Waals surface area contributed by atoms with Crippen LogP contribution >= 0.6 is 11.3 Å². The Morgan fingerprint density at radius 1 is 1.00 bits per heavy atom. The second-order valence-electron chi connectivity index (χ2n) is 5.71. The molecule has 1 aliphatic rings. The monoisotopic (exact) mass is 353 g/mol. The Morgan fingerprint density at radius 3 is 2.36 bits per heavy atom. The molecule has 6 heteroatoms. The van der Waals surface area contributed by atoms with Gasteiger partial charge in [-0.15, -0.1) is 11.3 Å². The molecular weight excluding hydrogens is 341 g/mol. The molecule has 0 radical (unpaired) electrons. The first kappa shape index (κ1) is 15.5. The second-order valence-corrected chi connectivity index (χ2v) is 6.59. The van der Waals surface area contributed by atoms with E-state index in [-0.39, 0.29) is 16.9 Å². The van der Waals surface area contributed by atoms with Crippen molar-refractivity contribution in [3.8, 4) is 16.9 Å². The Kier molecular flexibility index (Phi) is 3.43. The first-order valence-electron chi connectivity index (χ1n) is 7.53. The van der Waals surface area contributed by atoms with Crippen LogP contribution in [0.4, 0.5) is 9.39 Å². The molecule has 2 N–H and O–H groups in total. The lowest BCUT2D eigenvalue weighted by atomic mass is 9.83. The quantitative estimate of drug-likeness (QED) is 0.681. The van der Waals surface area contributed by atoms with E-state index in [4.69, 9.17) is 0 Å². The SMILES string of the molecule is O=C1Nc2scc(-c3ccc(O)cc3)c2C(=O)C1(F)c1ccccc1. The molecule has 1 aliphatic heterocycles. The molecule has 1 aromatic heterocycles. The normalized spacial score (nSPS) is 19.4. The van der Waals surface area contributed by atoms with Gasteiger partial charge in [-0.25, -0.2) is 4.39 Å². The van der Waals surface area contributed by atoms with Gasteiger partial charge in [-0.1, -0.05) is 42.5 Å². The molecule has 3 aromatic rings. The number of rotatable bonds is 2. The van der Waals surface area contributed by atoms with Crippen LogP contribution in [0.25, 0.3) is 11.1 Å². The fourth-order valence-corrected chi connectivity index (χ4v) is 3.89. The van der Waals surface area contributed by atoms with Crippen molar-refractivity contribution in [2.75, 3.05) is 5.32 Å². The summed E-state index contributed by atoms with van der Waals surface area (Å²) in [5, 5.41) is 14.0. The number of amides is 1. The summed E-state index contributed by atoms with van der Waals surface area (Å²) in [4.78, 5) is 25.3. The van der Waals surface area contributed by atoms with Gasteiger partial charge >= 0.3 is 0 Å². The summed E-state index contributed by atoms with van der Waals surface area (Å²) in [6.45, 7) is 0. The summed E-state index contributed by atoms with van der Waals surface area (Å²) < 4.78 is 15.6. The van der Waals surface area contributed by atoms with Crippen molar-refractivity contribution in [2.45, 2.75) is 5.67 Å². The van der Waals surface area contributed by atoms with Gasteiger partial charge in [-0.2, -0.15) is 0 Å². The van der Waals surface area contributed by atoms with Crippen LogP contribution in [0.2, 0.25) is 0 Å². The van der Waals surface area contributed by atoms with Gasteiger partial charge in [0.25, 0.3) is 11.6 Å². The van der Waals surface area contributed by atoms with E-state index in [1.165, 1.54) is 35.6 Å². The molecule has 124 valence electrons. The molecule has 0 saturated carbocycles. The van der Waals surface area contributed by atoms with E-state index in [2.05, 4.69) is 5.32 Å². The van der Waals surface area contributed by atoms with Crippen LogP contribution in [-0.2, 0) is 10.5 Å². The van der Waals surface area contributed by atoms with Gasteiger partial charge in [0.2, 0.25) is 5.78 Å². The van der Waals surface area contributed by atoms with E-state index in [0.29, 0.717) is 16.1 Å². The predicted octanol–water partition coefficient (Wildman–Crippen LogP) is 4.12. The standard InChI is InChI=1S/C19H12FNO3S/c20-19(12-4-2-1-3-5-12)16(23)15-14(10-25-17(15)21-18(19)24)11-6-8-13(22)9-7-11/h1-10,22H,(H,21,24). The average molecular weight is 353 g/mol. The summed E-state index contributed by atoms with van der Waals surface area (Å²) in [5.74, 6) is -1.76. The van der Waals surface area contributed by atoms with Gasteiger partial charge in [0.05, 0.1) is 5.56 Å². The highest BCUT2D eigenvalue weighted by molar-refractivity contribution is 7.15. The lowest BCUT2D eigenvalue weighted by molar-refractivity contribution is -0.125. The molecule has 0 spiro atoms. The minimum Gasteiger partial charge on any atom is -0.508 e. The number of anilines is 1. The minimum atomic E-state index is -2.76. The fourth-order valence-electron chi connectivity index (χ4n) is 2.92. The van der Waals surface area contributed by atoms with Crippen LogP contribution in [0.15, 0.2) is 60.0 Å². The number of alkyl halides is 1. The Hall–Kier alpha value is -2.99. The molecular formula is C19H12FNO3S. The first-order chi connectivity index (χ1) is 12.0. The van der Waals surface area contributed by atoms with Crippen LogP contribution in [0.3, 0.4) is 0 Å². The number of hydrogen-bond donors (Lipinski definition) is 2. The molecule has 1 unspecified atom stereocenters. The van der Waals surface area contributed by atoms with Crippen molar-refractivity contribution < 1.29 is 19.1 Å². The van der Waals surface area contributed by atoms with Crippen LogP contribution in [0.1, 0.15) is 15.9 Å². The third-order valence-corrected chi connectivity index (χ3v) is 5.12. The summed E-state index contributed by atoms with van der Waals surface area (Å²) >= 11 is 1.17. The lowest BCUT2D eigenvalue weighted by Crippen LogP contribution is -2.47. The van der Waals surface area contributed by atoms with Gasteiger partial charge in [-0.3, -0.25) is 9.59 Å². The maximum Gasteiger partial charge on any atom is 0.275 e. The smallest absolute Gasteiger partial charge is 0.275 e. The van der Waals surface area contributed by atoms with Crippen molar-refractivity contribution in [3.05, 3.63) is 71.1 Å². The van der Waals surface area contributed by atoms with Crippen LogP contribution in [0.5, 0.6) is 5.75 Å². The number of fused-ring (bicyclic) bond motifs is 1. The maximum absolute atomic E-state index is 15.6. The Bertz CT molecular complexity index is 982. The molecule has 4 rings (SSSR count). The summed E-state index contributed by atoms with van der Waals surface area (Å²) in [6.07, 6.45) is 0. The molecule has 2 aromatic carbocycles. The van der Waals surface area contributed by atoms with Gasteiger partial charge in [0.15, 0.2) is 0 Å². The third-order valence-electron chi connectivity index (χ3n) is 4.22. The molecule has 1 atom stereocenters. The zero-order valence-electron chi connectivity index (χ0n) is 12.8. The number of Topliss-reactive ketones (excluding diaryl/α,β-unsaturated/α-hetero) is 1. The zero-order valence-corrected chi connectivity index (χ0v) is 13.6. The fraction of sp³-hybridized carbons (Fsp3) is 0.0526. The topological polar surface area (TPSA) is 66.4 Å². The van der Waals surface area contributed by atoms with Crippen molar-refractivity contribution in [1.29, 1.82) is 0 Å². The van der Waals surface area contributed by atoms with Gasteiger partial charge in [0, 0.05) is 16.5 Å². The maximum atomic E-state index is 15.6. The van der Waals surface area contributed by atoms with E-state index >= 15 is 4.39 Å². The summed E-state index contributed by atoms with van der Waals surface area (Å²) in [5.41, 5.74) is -1.41. The van der Waals surface area contributed by atoms with Crippen LogP contribution < -0.4 is 5.32 Å². The van der Waals surface area contributed by atoms with E-state index in [1.807, 2.05) is 0 Å². The molecule has 0 saturated heterocycles. The number of carbonyl (C=O) groups is 2. The molecule has 0 aliphatic carbocycles. The van der Waals surface area contributed by atoms with Gasteiger partial charge < -0.3 is 10.4 Å². The zero-order chi connectivity index (χ0) is 17.6. The van der Waals surface area contributed by atoms with Crippen molar-refractivity contribution in [3.63, 3.8) is 0 Å². The molecule has 25 heavy (non-hydrogen) atoms. The number of halogens is 1. The number of hydrogen-bond acceptors (Lipinski definition) is 4. The predicted molar refractivity (Wildman–Crippen MR) is 93.6 cm³/mol. The number of nitrogens with one attached hydrogen (secondary N) is 1. The minimum absolute atomic E-state index is 0.00556. The van der Waals surface area contributed by atoms with Crippen molar-refractivity contribution in [1.82, 2.24) is 0 Å². The molecule has 2 heterocycles. The number of ketones is 1. The van der Waals surface area contributed by atoms with E-state index in [0.717, 1.165) is 0 Å². The molecule has 1 amide bonds. The highest BCUT2D eigenvalue weighted by atomic mass is 32.1. The lowest BCUT2D eigenvalue weighted by Gasteiger charge is -2.28. The van der Waals surface area contributed by atoms with Crippen LogP contribution in [0, 0.1) is 0 Å². The highest BCUT2D eigenvalue weighted by Gasteiger charge is 2.53. The van der Waals surface area contributed by atoms with Crippen molar-refractivity contribution in [2.24, 2.45) is 0 Å². The molecule has 4 nitrogen and oxygen atoms in total. The third kappa shape index (κ3) is 2.26. The van der Waals surface area contributed by atoms with E-state index in [9.17, 15) is 14.7 Å². The summed E-state index contributed by atoms with van der Waals surface area (Å²) in [7, 11) is 0. The molecule has 0 bridgehead atoms. The number of phenolic OH excluding ortho intramolecular Hbond substituents is 1. The number of phenols is 1. The number of benzene rings is 2. The number of carbonyl (C=O) groups excluding carboxylic acids is 2. The average Bonchev–Trinajstić information content (AvgIpc) is 3.05. The van der Waals surface area contributed by atoms with Crippen molar-refractivity contribution >= 4 is 28.0 Å². The Morgan fingerprint density at radius 2 is 1.68 bits per heavy atom. The largest absolute Gasteiger partial charge is 0.508 e.